The predicted octanol–water partition coefficient (Wildman–Crippen LogP) is 2.60. The van der Waals surface area contributed by atoms with E-state index < -0.39 is 5.60 Å². The van der Waals surface area contributed by atoms with E-state index in [0.29, 0.717) is 119 Å². The van der Waals surface area contributed by atoms with E-state index in [1.54, 1.807) is 0 Å². The number of hydrogen-bond donors (Lipinski definition) is 0. The van der Waals surface area contributed by atoms with E-state index in [9.17, 15) is 9.59 Å². The number of hydrogen-bond acceptors (Lipinski definition) is 13. The maximum atomic E-state index is 11.5. The van der Waals surface area contributed by atoms with Gasteiger partial charge in [0.1, 0.15) is 18.8 Å². The third kappa shape index (κ3) is 36.7. The van der Waals surface area contributed by atoms with Gasteiger partial charge < -0.3 is 52.1 Å². The fourth-order valence-corrected chi connectivity index (χ4v) is 3.09. The molecule has 0 spiro atoms. The van der Waals surface area contributed by atoms with Crippen LogP contribution in [0.2, 0.25) is 0 Å². The summed E-state index contributed by atoms with van der Waals surface area (Å²) in [5, 5.41) is 0. The second-order valence-corrected chi connectivity index (χ2v) is 10.2. The van der Waals surface area contributed by atoms with E-state index in [0.717, 1.165) is 19.3 Å². The van der Waals surface area contributed by atoms with E-state index in [4.69, 9.17) is 52.1 Å². The van der Waals surface area contributed by atoms with Crippen LogP contribution in [0.5, 0.6) is 0 Å². The summed E-state index contributed by atoms with van der Waals surface area (Å²) in [6.07, 6.45) is 3.48. The van der Waals surface area contributed by atoms with Crippen molar-refractivity contribution in [1.82, 2.24) is 0 Å². The highest BCUT2D eigenvalue weighted by Crippen LogP contribution is 2.06. The monoisotopic (exact) mass is 626 g/mol. The van der Waals surface area contributed by atoms with Gasteiger partial charge in [0, 0.05) is 6.42 Å². The Labute approximate surface area is 258 Å². The van der Waals surface area contributed by atoms with Gasteiger partial charge in [-0.05, 0) is 27.2 Å². The molecule has 0 heterocycles. The highest BCUT2D eigenvalue weighted by molar-refractivity contribution is 5.71. The molecule has 0 saturated carbocycles. The van der Waals surface area contributed by atoms with Gasteiger partial charge in [-0.1, -0.05) is 19.8 Å². The Morgan fingerprint density at radius 1 is 0.442 bits per heavy atom. The SMILES string of the molecule is CCCCCC(=O)OCCOCCOCCOCCOCCOCCOCCOCCOCCOCC(=O)OC(C)(C)C. The van der Waals surface area contributed by atoms with Crippen molar-refractivity contribution in [2.75, 3.05) is 126 Å². The van der Waals surface area contributed by atoms with Gasteiger partial charge in [-0.2, -0.15) is 0 Å². The molecule has 0 atom stereocenters. The number of carbonyl (C=O) groups excluding carboxylic acids is 2. The van der Waals surface area contributed by atoms with Crippen molar-refractivity contribution in [3.8, 4) is 0 Å². The maximum absolute atomic E-state index is 11.5. The molecule has 0 aromatic rings. The predicted molar refractivity (Wildman–Crippen MR) is 158 cm³/mol. The Bertz CT molecular complexity index is 613. The quantitative estimate of drug-likeness (QED) is 0.0781. The summed E-state index contributed by atoms with van der Waals surface area (Å²) in [6.45, 7) is 15.4. The van der Waals surface area contributed by atoms with Gasteiger partial charge in [0.05, 0.1) is 112 Å². The molecular formula is C30H58O13. The fraction of sp³-hybridized carbons (Fsp3) is 0.933. The van der Waals surface area contributed by atoms with Gasteiger partial charge >= 0.3 is 11.9 Å². The lowest BCUT2D eigenvalue weighted by Crippen LogP contribution is -2.27. The van der Waals surface area contributed by atoms with Crippen LogP contribution in [0.15, 0.2) is 0 Å². The summed E-state index contributed by atoms with van der Waals surface area (Å²) < 4.78 is 58.8. The highest BCUT2D eigenvalue weighted by atomic mass is 16.6. The van der Waals surface area contributed by atoms with Crippen LogP contribution in [-0.2, 0) is 61.7 Å². The molecule has 0 saturated heterocycles. The molecule has 0 aromatic heterocycles. The van der Waals surface area contributed by atoms with Crippen LogP contribution in [-0.4, -0.2) is 143 Å². The third-order valence-electron chi connectivity index (χ3n) is 5.09. The van der Waals surface area contributed by atoms with Crippen molar-refractivity contribution in [3.05, 3.63) is 0 Å². The van der Waals surface area contributed by atoms with Crippen molar-refractivity contribution >= 4 is 11.9 Å². The topological polar surface area (TPSA) is 136 Å². The maximum Gasteiger partial charge on any atom is 0.332 e. The standard InChI is InChI=1S/C30H58O13/c1-5-6-7-8-28(31)42-26-25-40-22-21-38-18-17-36-14-13-34-10-9-33-11-12-35-15-16-37-19-20-39-23-24-41-27-29(32)43-30(2,3)4/h5-27H2,1-4H3. The minimum atomic E-state index is -0.512. The van der Waals surface area contributed by atoms with Crippen LogP contribution in [0.3, 0.4) is 0 Å². The minimum Gasteiger partial charge on any atom is -0.463 e. The number of ether oxygens (including phenoxy) is 11. The van der Waals surface area contributed by atoms with Crippen LogP contribution in [0.25, 0.3) is 0 Å². The Hall–Kier alpha value is -1.42. The molecule has 0 radical (unpaired) electrons. The van der Waals surface area contributed by atoms with Crippen LogP contribution in [0, 0.1) is 0 Å². The molecular weight excluding hydrogens is 568 g/mol. The Balaban J connectivity index is 3.13. The van der Waals surface area contributed by atoms with Crippen molar-refractivity contribution in [2.24, 2.45) is 0 Å². The van der Waals surface area contributed by atoms with Crippen LogP contribution >= 0.6 is 0 Å². The van der Waals surface area contributed by atoms with E-state index in [1.165, 1.54) is 0 Å². The molecule has 0 aliphatic heterocycles. The summed E-state index contributed by atoms with van der Waals surface area (Å²) in [7, 11) is 0. The number of carbonyl (C=O) groups is 2. The van der Waals surface area contributed by atoms with Crippen molar-refractivity contribution < 1.29 is 61.7 Å². The van der Waals surface area contributed by atoms with Gasteiger partial charge in [0.15, 0.2) is 0 Å². The molecule has 0 bridgehead atoms. The molecule has 43 heavy (non-hydrogen) atoms. The largest absolute Gasteiger partial charge is 0.463 e. The molecule has 13 nitrogen and oxygen atoms in total. The normalized spacial score (nSPS) is 11.6. The Morgan fingerprint density at radius 2 is 0.767 bits per heavy atom. The lowest BCUT2D eigenvalue weighted by molar-refractivity contribution is -0.160. The second-order valence-electron chi connectivity index (χ2n) is 10.2. The summed E-state index contributed by atoms with van der Waals surface area (Å²) >= 11 is 0. The van der Waals surface area contributed by atoms with E-state index in [-0.39, 0.29) is 25.2 Å². The van der Waals surface area contributed by atoms with Crippen LogP contribution in [0.4, 0.5) is 0 Å². The smallest absolute Gasteiger partial charge is 0.332 e. The second kappa shape index (κ2) is 32.0. The van der Waals surface area contributed by atoms with Gasteiger partial charge in [0.25, 0.3) is 0 Å². The van der Waals surface area contributed by atoms with Crippen molar-refractivity contribution in [3.63, 3.8) is 0 Å². The summed E-state index contributed by atoms with van der Waals surface area (Å²) in [4.78, 5) is 22.9. The molecule has 256 valence electrons. The molecule has 0 rings (SSSR count). The van der Waals surface area contributed by atoms with Crippen molar-refractivity contribution in [1.29, 1.82) is 0 Å². The first-order valence-electron chi connectivity index (χ1n) is 15.4. The number of rotatable bonds is 33. The van der Waals surface area contributed by atoms with E-state index in [2.05, 4.69) is 6.92 Å². The molecule has 0 N–H and O–H groups in total. The Kier molecular flexibility index (Phi) is 30.9. The van der Waals surface area contributed by atoms with Crippen molar-refractivity contribution in [2.45, 2.75) is 59.0 Å². The van der Waals surface area contributed by atoms with Crippen LogP contribution < -0.4 is 0 Å². The first kappa shape index (κ1) is 41.6. The lowest BCUT2D eigenvalue weighted by Gasteiger charge is -2.19. The molecule has 13 heteroatoms. The number of esters is 2. The zero-order valence-electron chi connectivity index (χ0n) is 27.1. The van der Waals surface area contributed by atoms with Gasteiger partial charge in [-0.15, -0.1) is 0 Å². The molecule has 0 unspecified atom stereocenters. The first-order chi connectivity index (χ1) is 20.8. The average molecular weight is 627 g/mol. The average Bonchev–Trinajstić information content (AvgIpc) is 2.95. The highest BCUT2D eigenvalue weighted by Gasteiger charge is 2.15. The van der Waals surface area contributed by atoms with Gasteiger partial charge in [-0.25, -0.2) is 4.79 Å². The molecule has 0 fully saturated rings. The summed E-state index contributed by atoms with van der Waals surface area (Å²) in [5.41, 5.74) is -0.512. The van der Waals surface area contributed by atoms with Crippen LogP contribution in [0.1, 0.15) is 53.4 Å². The van der Waals surface area contributed by atoms with Gasteiger partial charge in [0.2, 0.25) is 0 Å². The molecule has 0 aliphatic carbocycles. The zero-order valence-corrected chi connectivity index (χ0v) is 27.1. The molecule has 0 aromatic carbocycles. The lowest BCUT2D eigenvalue weighted by atomic mass is 10.2. The van der Waals surface area contributed by atoms with E-state index in [1.807, 2.05) is 20.8 Å². The molecule has 0 aliphatic rings. The Morgan fingerprint density at radius 3 is 1.09 bits per heavy atom. The minimum absolute atomic E-state index is 0.0847. The summed E-state index contributed by atoms with van der Waals surface area (Å²) in [5.74, 6) is -0.552. The van der Waals surface area contributed by atoms with E-state index >= 15 is 0 Å². The number of unbranched alkanes of at least 4 members (excludes halogenated alkanes) is 2. The first-order valence-corrected chi connectivity index (χ1v) is 15.4. The van der Waals surface area contributed by atoms with Gasteiger partial charge in [-0.3, -0.25) is 4.79 Å². The molecule has 0 amide bonds. The third-order valence-corrected chi connectivity index (χ3v) is 5.09. The fourth-order valence-electron chi connectivity index (χ4n) is 3.09. The zero-order chi connectivity index (χ0) is 31.7. The summed E-state index contributed by atoms with van der Waals surface area (Å²) in [6, 6.07) is 0.